The summed E-state index contributed by atoms with van der Waals surface area (Å²) in [6, 6.07) is 33.9. The number of benzene rings is 5. The summed E-state index contributed by atoms with van der Waals surface area (Å²) in [4.78, 5) is 51.9. The highest BCUT2D eigenvalue weighted by molar-refractivity contribution is 5.95. The summed E-state index contributed by atoms with van der Waals surface area (Å²) in [5.74, 6) is -1.50. The molecule has 0 fully saturated rings. The standard InChI is InChI=1S/C44H40N6O8/c1-5-41(51)55-29-27-49(3)37-19-11-33(12-20-37)45-47-35-15-23-39(24-16-35)57-43(53)31-7-9-32(10-8-31)44(54)58-40-25-17-36(18-26-40)48-46-34-13-21-38(22-14-34)50(4)28-30-56-42(52)6-2/h5-26H,1-2,27-30H2,3-4H3. The highest BCUT2D eigenvalue weighted by Crippen LogP contribution is 2.26. The molecule has 5 aromatic carbocycles. The second kappa shape index (κ2) is 20.8. The minimum Gasteiger partial charge on any atom is -0.461 e. The zero-order chi connectivity index (χ0) is 41.3. The van der Waals surface area contributed by atoms with E-state index < -0.39 is 23.9 Å². The number of azo groups is 2. The van der Waals surface area contributed by atoms with Crippen LogP contribution < -0.4 is 19.3 Å². The number of nitrogens with zero attached hydrogens (tertiary/aromatic N) is 6. The average Bonchev–Trinajstić information content (AvgIpc) is 3.26. The maximum absolute atomic E-state index is 12.8. The van der Waals surface area contributed by atoms with E-state index in [0.717, 1.165) is 23.5 Å². The highest BCUT2D eigenvalue weighted by Gasteiger charge is 2.13. The molecular formula is C44H40N6O8. The van der Waals surface area contributed by atoms with Crippen LogP contribution in [0.5, 0.6) is 11.5 Å². The first-order valence-corrected chi connectivity index (χ1v) is 17.9. The van der Waals surface area contributed by atoms with Crippen LogP contribution in [-0.2, 0) is 19.1 Å². The van der Waals surface area contributed by atoms with Crippen LogP contribution in [0, 0.1) is 0 Å². The fourth-order valence-electron chi connectivity index (χ4n) is 4.96. The van der Waals surface area contributed by atoms with Crippen molar-refractivity contribution in [2.75, 3.05) is 50.2 Å². The Labute approximate surface area is 335 Å². The van der Waals surface area contributed by atoms with E-state index in [0.29, 0.717) is 47.3 Å². The summed E-state index contributed by atoms with van der Waals surface area (Å²) in [5, 5.41) is 17.0. The summed E-state index contributed by atoms with van der Waals surface area (Å²) in [6.07, 6.45) is 2.26. The molecule has 0 N–H and O–H groups in total. The van der Waals surface area contributed by atoms with Crippen molar-refractivity contribution in [3.05, 3.63) is 158 Å². The minimum absolute atomic E-state index is 0.241. The molecule has 0 atom stereocenters. The monoisotopic (exact) mass is 780 g/mol. The van der Waals surface area contributed by atoms with Gasteiger partial charge in [-0.15, -0.1) is 0 Å². The first kappa shape index (κ1) is 41.4. The molecule has 0 amide bonds. The molecule has 0 aromatic heterocycles. The summed E-state index contributed by atoms with van der Waals surface area (Å²) in [5.41, 5.74) is 4.73. The maximum atomic E-state index is 12.8. The third kappa shape index (κ3) is 12.7. The Balaban J connectivity index is 1.05. The first-order chi connectivity index (χ1) is 28.1. The van der Waals surface area contributed by atoms with Crippen LogP contribution in [0.15, 0.2) is 167 Å². The molecule has 5 aromatic rings. The van der Waals surface area contributed by atoms with Crippen molar-refractivity contribution in [2.24, 2.45) is 20.5 Å². The molecule has 0 aliphatic rings. The van der Waals surface area contributed by atoms with Gasteiger partial charge in [0.15, 0.2) is 0 Å². The van der Waals surface area contributed by atoms with E-state index in [9.17, 15) is 19.2 Å². The molecule has 0 heterocycles. The number of hydrogen-bond acceptors (Lipinski definition) is 14. The fraction of sp³-hybridized carbons (Fsp3) is 0.136. The molecule has 0 aliphatic heterocycles. The van der Waals surface area contributed by atoms with Gasteiger partial charge < -0.3 is 28.7 Å². The average molecular weight is 781 g/mol. The fourth-order valence-corrected chi connectivity index (χ4v) is 4.96. The van der Waals surface area contributed by atoms with Gasteiger partial charge in [0.1, 0.15) is 24.7 Å². The lowest BCUT2D eigenvalue weighted by molar-refractivity contribution is -0.138. The van der Waals surface area contributed by atoms with E-state index in [2.05, 4.69) is 33.6 Å². The van der Waals surface area contributed by atoms with Crippen molar-refractivity contribution in [3.8, 4) is 11.5 Å². The number of carbonyl (C=O) groups is 4. The van der Waals surface area contributed by atoms with E-state index in [4.69, 9.17) is 18.9 Å². The van der Waals surface area contributed by atoms with Crippen molar-refractivity contribution < 1.29 is 38.1 Å². The number of likely N-dealkylation sites (N-methyl/N-ethyl adjacent to an activating group) is 2. The van der Waals surface area contributed by atoms with Crippen molar-refractivity contribution in [2.45, 2.75) is 0 Å². The third-order valence-electron chi connectivity index (χ3n) is 8.27. The SMILES string of the molecule is C=CC(=O)OCCN(C)c1ccc(N=Nc2ccc(OC(=O)c3ccc(C(=O)Oc4ccc(N=Nc5ccc(N(C)CCOC(=O)C=C)cc5)cc4)cc3)cc2)cc1. The van der Waals surface area contributed by atoms with Crippen LogP contribution in [-0.4, -0.2) is 64.3 Å². The number of hydrogen-bond donors (Lipinski definition) is 0. The number of ether oxygens (including phenoxy) is 4. The zero-order valence-electron chi connectivity index (χ0n) is 31.9. The first-order valence-electron chi connectivity index (χ1n) is 17.9. The van der Waals surface area contributed by atoms with Gasteiger partial charge in [-0.3, -0.25) is 0 Å². The zero-order valence-corrected chi connectivity index (χ0v) is 31.9. The van der Waals surface area contributed by atoms with Gasteiger partial charge in [0, 0.05) is 37.6 Å². The molecule has 294 valence electrons. The molecule has 0 aliphatic carbocycles. The molecule has 0 bridgehead atoms. The van der Waals surface area contributed by atoms with Gasteiger partial charge in [-0.25, -0.2) is 19.2 Å². The largest absolute Gasteiger partial charge is 0.461 e. The second-order valence-corrected chi connectivity index (χ2v) is 12.4. The quantitative estimate of drug-likeness (QED) is 0.0363. The molecule has 14 nitrogen and oxygen atoms in total. The van der Waals surface area contributed by atoms with Crippen LogP contribution in [0.4, 0.5) is 34.1 Å². The Morgan fingerprint density at radius 1 is 0.483 bits per heavy atom. The normalized spacial score (nSPS) is 10.8. The summed E-state index contributed by atoms with van der Waals surface area (Å²) < 4.78 is 21.0. The van der Waals surface area contributed by atoms with Gasteiger partial charge >= 0.3 is 23.9 Å². The van der Waals surface area contributed by atoms with Gasteiger partial charge in [-0.2, -0.15) is 20.5 Å². The number of anilines is 2. The predicted molar refractivity (Wildman–Crippen MR) is 219 cm³/mol. The van der Waals surface area contributed by atoms with Crippen molar-refractivity contribution >= 4 is 58.0 Å². The smallest absolute Gasteiger partial charge is 0.343 e. The summed E-state index contributed by atoms with van der Waals surface area (Å²) in [7, 11) is 3.77. The Bertz CT molecular complexity index is 2090. The van der Waals surface area contributed by atoms with Crippen LogP contribution in [0.1, 0.15) is 20.7 Å². The summed E-state index contributed by atoms with van der Waals surface area (Å²) in [6.45, 7) is 8.28. The van der Waals surface area contributed by atoms with Gasteiger partial charge in [0.05, 0.1) is 47.0 Å². The Morgan fingerprint density at radius 3 is 1.07 bits per heavy atom. The van der Waals surface area contributed by atoms with Crippen LogP contribution >= 0.6 is 0 Å². The number of esters is 4. The molecule has 0 unspecified atom stereocenters. The molecule has 0 radical (unpaired) electrons. The second-order valence-electron chi connectivity index (χ2n) is 12.4. The lowest BCUT2D eigenvalue weighted by Crippen LogP contribution is -2.23. The maximum Gasteiger partial charge on any atom is 0.343 e. The Morgan fingerprint density at radius 2 is 0.776 bits per heavy atom. The van der Waals surface area contributed by atoms with Crippen LogP contribution in [0.3, 0.4) is 0 Å². The molecule has 0 saturated heterocycles. The van der Waals surface area contributed by atoms with Crippen LogP contribution in [0.25, 0.3) is 0 Å². The van der Waals surface area contributed by atoms with Crippen molar-refractivity contribution in [3.63, 3.8) is 0 Å². The Kier molecular flexibility index (Phi) is 14.9. The Hall–Kier alpha value is -7.74. The molecule has 0 saturated carbocycles. The molecule has 58 heavy (non-hydrogen) atoms. The van der Waals surface area contributed by atoms with Gasteiger partial charge in [-0.05, 0) is 121 Å². The van der Waals surface area contributed by atoms with E-state index in [1.165, 1.54) is 24.3 Å². The molecule has 14 heteroatoms. The topological polar surface area (TPSA) is 161 Å². The van der Waals surface area contributed by atoms with E-state index in [1.54, 1.807) is 48.5 Å². The number of carbonyl (C=O) groups excluding carboxylic acids is 4. The lowest BCUT2D eigenvalue weighted by atomic mass is 10.1. The van der Waals surface area contributed by atoms with E-state index >= 15 is 0 Å². The van der Waals surface area contributed by atoms with Crippen molar-refractivity contribution in [1.82, 2.24) is 0 Å². The van der Waals surface area contributed by atoms with E-state index in [1.807, 2.05) is 72.4 Å². The summed E-state index contributed by atoms with van der Waals surface area (Å²) >= 11 is 0. The van der Waals surface area contributed by atoms with Gasteiger partial charge in [0.25, 0.3) is 0 Å². The van der Waals surface area contributed by atoms with Crippen molar-refractivity contribution in [1.29, 1.82) is 0 Å². The molecule has 0 spiro atoms. The van der Waals surface area contributed by atoms with Gasteiger partial charge in [0.2, 0.25) is 0 Å². The lowest BCUT2D eigenvalue weighted by Gasteiger charge is -2.18. The minimum atomic E-state index is -0.602. The van der Waals surface area contributed by atoms with Crippen LogP contribution in [0.2, 0.25) is 0 Å². The number of rotatable bonds is 18. The highest BCUT2D eigenvalue weighted by atomic mass is 16.5. The van der Waals surface area contributed by atoms with E-state index in [-0.39, 0.29) is 24.3 Å². The predicted octanol–water partition coefficient (Wildman–Crippen LogP) is 9.29. The third-order valence-corrected chi connectivity index (χ3v) is 8.27. The van der Waals surface area contributed by atoms with Gasteiger partial charge in [-0.1, -0.05) is 13.2 Å². The molecular weight excluding hydrogens is 741 g/mol. The molecule has 5 rings (SSSR count).